The van der Waals surface area contributed by atoms with Crippen LogP contribution in [0.1, 0.15) is 55.1 Å². The largest absolute Gasteiger partial charge is 0.341 e. The summed E-state index contributed by atoms with van der Waals surface area (Å²) in [4.78, 5) is 21.6. The lowest BCUT2D eigenvalue weighted by molar-refractivity contribution is -0.141. The molecule has 6 nitrogen and oxygen atoms in total. The molecule has 1 atom stereocenters. The number of aryl methyl sites for hydroxylation is 1. The van der Waals surface area contributed by atoms with Crippen LogP contribution in [0.2, 0.25) is 0 Å². The van der Waals surface area contributed by atoms with Crippen molar-refractivity contribution in [3.63, 3.8) is 0 Å². The van der Waals surface area contributed by atoms with Crippen molar-refractivity contribution in [2.24, 2.45) is 5.41 Å². The van der Waals surface area contributed by atoms with E-state index in [1.165, 1.54) is 5.56 Å². The number of benzene rings is 1. The van der Waals surface area contributed by atoms with Gasteiger partial charge in [-0.25, -0.2) is 0 Å². The van der Waals surface area contributed by atoms with Gasteiger partial charge in [-0.2, -0.15) is 4.98 Å². The third-order valence-electron chi connectivity index (χ3n) is 6.00. The molecule has 144 valence electrons. The number of nitrogens with zero attached hydrogens (tertiary/aromatic N) is 4. The van der Waals surface area contributed by atoms with Gasteiger partial charge >= 0.3 is 0 Å². The highest BCUT2D eigenvalue weighted by molar-refractivity contribution is 5.80. The van der Waals surface area contributed by atoms with Crippen molar-refractivity contribution >= 4 is 5.91 Å². The topological polar surface area (TPSA) is 62.5 Å². The summed E-state index contributed by atoms with van der Waals surface area (Å²) >= 11 is 0. The van der Waals surface area contributed by atoms with Crippen LogP contribution in [0.5, 0.6) is 0 Å². The first kappa shape index (κ1) is 18.2. The molecule has 1 amide bonds. The number of likely N-dealkylation sites (tertiary alicyclic amines) is 2. The average molecular weight is 368 g/mol. The van der Waals surface area contributed by atoms with Crippen molar-refractivity contribution in [1.29, 1.82) is 0 Å². The van der Waals surface area contributed by atoms with Crippen molar-refractivity contribution < 1.29 is 9.32 Å². The van der Waals surface area contributed by atoms with Crippen molar-refractivity contribution in [2.45, 2.75) is 45.6 Å². The number of hydrogen-bond donors (Lipinski definition) is 0. The summed E-state index contributed by atoms with van der Waals surface area (Å²) in [6.07, 6.45) is 1.47. The zero-order valence-electron chi connectivity index (χ0n) is 16.6. The Morgan fingerprint density at radius 2 is 2.04 bits per heavy atom. The van der Waals surface area contributed by atoms with E-state index in [4.69, 9.17) is 4.52 Å². The van der Waals surface area contributed by atoms with Crippen LogP contribution in [0.25, 0.3) is 0 Å². The van der Waals surface area contributed by atoms with Crippen LogP contribution in [-0.2, 0) is 11.2 Å². The number of amides is 1. The summed E-state index contributed by atoms with van der Waals surface area (Å²) in [5.41, 5.74) is 2.47. The van der Waals surface area contributed by atoms with Crippen LogP contribution in [0.4, 0.5) is 0 Å². The van der Waals surface area contributed by atoms with E-state index in [2.05, 4.69) is 48.9 Å². The number of hydrogen-bond acceptors (Lipinski definition) is 5. The van der Waals surface area contributed by atoms with Crippen LogP contribution in [0.15, 0.2) is 28.8 Å². The molecule has 0 N–H and O–H groups in total. The molecule has 1 spiro atoms. The smallest absolute Gasteiger partial charge is 0.229 e. The summed E-state index contributed by atoms with van der Waals surface area (Å²) in [5, 5.41) is 4.21. The van der Waals surface area contributed by atoms with E-state index in [-0.39, 0.29) is 23.3 Å². The second-order valence-electron chi connectivity index (χ2n) is 8.63. The SMILES string of the molecule is Cc1ccccc1CC(=O)N1CC2(CC(c3noc(C(C)C)n3)N(C)C2)C1. The van der Waals surface area contributed by atoms with Crippen molar-refractivity contribution in [1.82, 2.24) is 19.9 Å². The maximum Gasteiger partial charge on any atom is 0.229 e. The van der Waals surface area contributed by atoms with Crippen LogP contribution >= 0.6 is 0 Å². The molecular weight excluding hydrogens is 340 g/mol. The molecule has 6 heteroatoms. The van der Waals surface area contributed by atoms with Crippen molar-refractivity contribution in [2.75, 3.05) is 26.7 Å². The fourth-order valence-electron chi connectivity index (χ4n) is 4.43. The van der Waals surface area contributed by atoms with Crippen molar-refractivity contribution in [3.8, 4) is 0 Å². The third-order valence-corrected chi connectivity index (χ3v) is 6.00. The molecule has 2 aliphatic heterocycles. The zero-order valence-corrected chi connectivity index (χ0v) is 16.6. The first-order valence-corrected chi connectivity index (χ1v) is 9.73. The number of rotatable bonds is 4. The van der Waals surface area contributed by atoms with Gasteiger partial charge in [0.2, 0.25) is 11.8 Å². The second-order valence-corrected chi connectivity index (χ2v) is 8.63. The molecule has 0 radical (unpaired) electrons. The molecule has 0 aliphatic carbocycles. The summed E-state index contributed by atoms with van der Waals surface area (Å²) < 4.78 is 5.39. The number of carbonyl (C=O) groups is 1. The molecule has 1 aromatic heterocycles. The Labute approximate surface area is 160 Å². The molecule has 4 rings (SSSR count). The predicted molar refractivity (Wildman–Crippen MR) is 102 cm³/mol. The quantitative estimate of drug-likeness (QED) is 0.830. The molecule has 0 saturated carbocycles. The third kappa shape index (κ3) is 3.38. The van der Waals surface area contributed by atoms with Crippen LogP contribution in [0, 0.1) is 12.3 Å². The highest BCUT2D eigenvalue weighted by Gasteiger charge is 2.52. The lowest BCUT2D eigenvalue weighted by Gasteiger charge is -2.48. The van der Waals surface area contributed by atoms with Gasteiger partial charge in [-0.3, -0.25) is 9.69 Å². The molecule has 1 aromatic carbocycles. The van der Waals surface area contributed by atoms with Gasteiger partial charge in [-0.05, 0) is 31.5 Å². The average Bonchev–Trinajstić information content (AvgIpc) is 3.20. The Morgan fingerprint density at radius 1 is 1.30 bits per heavy atom. The normalized spacial score (nSPS) is 21.8. The van der Waals surface area contributed by atoms with E-state index in [0.717, 1.165) is 37.4 Å². The molecule has 2 aromatic rings. The Balaban J connectivity index is 1.38. The first-order chi connectivity index (χ1) is 12.9. The van der Waals surface area contributed by atoms with Gasteiger partial charge in [0.25, 0.3) is 0 Å². The molecular formula is C21H28N4O2. The minimum absolute atomic E-state index is 0.166. The fraction of sp³-hybridized carbons (Fsp3) is 0.571. The highest BCUT2D eigenvalue weighted by atomic mass is 16.5. The van der Waals surface area contributed by atoms with Gasteiger partial charge in [0.05, 0.1) is 12.5 Å². The van der Waals surface area contributed by atoms with Crippen molar-refractivity contribution in [3.05, 3.63) is 47.1 Å². The first-order valence-electron chi connectivity index (χ1n) is 9.73. The number of carbonyl (C=O) groups excluding carboxylic acids is 1. The Morgan fingerprint density at radius 3 is 2.70 bits per heavy atom. The minimum atomic E-state index is 0.166. The molecule has 3 heterocycles. The molecule has 0 bridgehead atoms. The highest BCUT2D eigenvalue weighted by Crippen LogP contribution is 2.47. The van der Waals surface area contributed by atoms with Crippen LogP contribution in [0.3, 0.4) is 0 Å². The van der Waals surface area contributed by atoms with E-state index in [9.17, 15) is 4.79 Å². The van der Waals surface area contributed by atoms with E-state index in [1.54, 1.807) is 0 Å². The van der Waals surface area contributed by atoms with Crippen LogP contribution < -0.4 is 0 Å². The lowest BCUT2D eigenvalue weighted by Crippen LogP contribution is -2.59. The lowest BCUT2D eigenvalue weighted by atomic mass is 9.77. The standard InChI is InChI=1S/C21H28N4O2/c1-14(2)20-22-19(23-27-20)17-10-21(11-24(17)4)12-25(13-21)18(26)9-16-8-6-5-7-15(16)3/h5-8,14,17H,9-13H2,1-4H3. The monoisotopic (exact) mass is 368 g/mol. The van der Waals surface area contributed by atoms with E-state index in [0.29, 0.717) is 12.3 Å². The van der Waals surface area contributed by atoms with Gasteiger partial charge in [0.15, 0.2) is 5.82 Å². The van der Waals surface area contributed by atoms with Gasteiger partial charge in [0, 0.05) is 31.0 Å². The van der Waals surface area contributed by atoms with Gasteiger partial charge < -0.3 is 9.42 Å². The zero-order chi connectivity index (χ0) is 19.2. The molecule has 2 aliphatic rings. The second kappa shape index (κ2) is 6.75. The predicted octanol–water partition coefficient (Wildman–Crippen LogP) is 2.95. The summed E-state index contributed by atoms with van der Waals surface area (Å²) in [6, 6.07) is 8.30. The maximum atomic E-state index is 12.7. The van der Waals surface area contributed by atoms with E-state index in [1.807, 2.05) is 23.1 Å². The van der Waals surface area contributed by atoms with Gasteiger partial charge in [-0.1, -0.05) is 43.3 Å². The minimum Gasteiger partial charge on any atom is -0.341 e. The molecule has 2 fully saturated rings. The molecule has 27 heavy (non-hydrogen) atoms. The Bertz CT molecular complexity index is 838. The number of aromatic nitrogens is 2. The van der Waals surface area contributed by atoms with Crippen LogP contribution in [-0.4, -0.2) is 52.5 Å². The molecule has 1 unspecified atom stereocenters. The van der Waals surface area contributed by atoms with Gasteiger partial charge in [-0.15, -0.1) is 0 Å². The van der Waals surface area contributed by atoms with E-state index < -0.39 is 0 Å². The Kier molecular flexibility index (Phi) is 4.54. The molecule has 2 saturated heterocycles. The summed E-state index contributed by atoms with van der Waals surface area (Å²) in [6.45, 7) is 8.80. The Hall–Kier alpha value is -2.21. The summed E-state index contributed by atoms with van der Waals surface area (Å²) in [5.74, 6) is 1.94. The fourth-order valence-corrected chi connectivity index (χ4v) is 4.43. The maximum absolute atomic E-state index is 12.7. The summed E-state index contributed by atoms with van der Waals surface area (Å²) in [7, 11) is 2.11. The van der Waals surface area contributed by atoms with E-state index >= 15 is 0 Å². The van der Waals surface area contributed by atoms with Gasteiger partial charge in [0.1, 0.15) is 0 Å².